The highest BCUT2D eigenvalue weighted by Crippen LogP contribution is 2.25. The maximum absolute atomic E-state index is 14.3. The molecule has 0 amide bonds. The van der Waals surface area contributed by atoms with E-state index in [0.717, 1.165) is 0 Å². The molecule has 0 aliphatic heterocycles. The molecular formula is C18H16FN3O4S. The highest BCUT2D eigenvalue weighted by Gasteiger charge is 2.27. The molecule has 27 heavy (non-hydrogen) atoms. The van der Waals surface area contributed by atoms with Crippen LogP contribution in [0, 0.1) is 5.82 Å². The lowest BCUT2D eigenvalue weighted by Crippen LogP contribution is -2.31. The summed E-state index contributed by atoms with van der Waals surface area (Å²) in [4.78, 5) is 14.9. The molecule has 0 saturated heterocycles. The zero-order valence-corrected chi connectivity index (χ0v) is 15.0. The Morgan fingerprint density at radius 3 is 2.41 bits per heavy atom. The number of hydrogen-bond donors (Lipinski definition) is 2. The fourth-order valence-corrected chi connectivity index (χ4v) is 3.79. The van der Waals surface area contributed by atoms with E-state index in [-0.39, 0.29) is 16.0 Å². The Bertz CT molecular complexity index is 1080. The Morgan fingerprint density at radius 2 is 1.85 bits per heavy atom. The fraction of sp³-hybridized carbons (Fsp3) is 0.111. The lowest BCUT2D eigenvalue weighted by Gasteiger charge is -2.19. The average molecular weight is 389 g/mol. The molecule has 3 rings (SSSR count). The SMILES string of the molecule is Cn1ccnc1C(NS(=O)(=O)c1ccc(C(=O)O)cc1)c1ccccc1F. The van der Waals surface area contributed by atoms with Gasteiger partial charge in [-0.2, -0.15) is 4.72 Å². The molecule has 0 bridgehead atoms. The summed E-state index contributed by atoms with van der Waals surface area (Å²) in [6.07, 6.45) is 3.11. The van der Waals surface area contributed by atoms with Crippen molar-refractivity contribution in [2.45, 2.75) is 10.9 Å². The normalized spacial score (nSPS) is 12.7. The first kappa shape index (κ1) is 18.7. The minimum atomic E-state index is -4.07. The molecule has 0 aliphatic carbocycles. The second-order valence-electron chi connectivity index (χ2n) is 5.80. The van der Waals surface area contributed by atoms with Gasteiger partial charge in [0, 0.05) is 25.0 Å². The van der Waals surface area contributed by atoms with Crippen LogP contribution < -0.4 is 4.72 Å². The summed E-state index contributed by atoms with van der Waals surface area (Å²) >= 11 is 0. The van der Waals surface area contributed by atoms with Crippen molar-refractivity contribution in [3.05, 3.63) is 83.7 Å². The van der Waals surface area contributed by atoms with Gasteiger partial charge in [0.2, 0.25) is 10.0 Å². The molecule has 0 aliphatic rings. The Kier molecular flexibility index (Phi) is 5.06. The van der Waals surface area contributed by atoms with E-state index < -0.39 is 27.9 Å². The third kappa shape index (κ3) is 3.88. The summed E-state index contributed by atoms with van der Waals surface area (Å²) < 4.78 is 44.0. The molecule has 1 unspecified atom stereocenters. The molecule has 0 fully saturated rings. The van der Waals surface area contributed by atoms with Gasteiger partial charge in [-0.15, -0.1) is 0 Å². The van der Waals surface area contributed by atoms with Gasteiger partial charge < -0.3 is 9.67 Å². The molecule has 1 heterocycles. The van der Waals surface area contributed by atoms with Crippen LogP contribution >= 0.6 is 0 Å². The topological polar surface area (TPSA) is 101 Å². The molecule has 7 nitrogen and oxygen atoms in total. The summed E-state index contributed by atoms with van der Waals surface area (Å²) in [7, 11) is -2.40. The van der Waals surface area contributed by atoms with Gasteiger partial charge in [0.05, 0.1) is 10.5 Å². The zero-order chi connectivity index (χ0) is 19.6. The number of carboxylic acid groups (broad SMARTS) is 1. The minimum Gasteiger partial charge on any atom is -0.478 e. The standard InChI is InChI=1S/C18H16FN3O4S/c1-22-11-10-20-17(22)16(14-4-2-3-5-15(14)19)21-27(25,26)13-8-6-12(7-9-13)18(23)24/h2-11,16,21H,1H3,(H,23,24). The summed E-state index contributed by atoms with van der Waals surface area (Å²) in [5.74, 6) is -1.43. The zero-order valence-electron chi connectivity index (χ0n) is 14.2. The van der Waals surface area contributed by atoms with Crippen LogP contribution in [0.25, 0.3) is 0 Å². The highest BCUT2D eigenvalue weighted by atomic mass is 32.2. The van der Waals surface area contributed by atoms with Crippen LogP contribution in [-0.2, 0) is 17.1 Å². The number of benzene rings is 2. The maximum atomic E-state index is 14.3. The predicted molar refractivity (Wildman–Crippen MR) is 95.2 cm³/mol. The van der Waals surface area contributed by atoms with E-state index >= 15 is 0 Å². The number of aromatic carboxylic acids is 1. The summed E-state index contributed by atoms with van der Waals surface area (Å²) in [5.41, 5.74) is 0.0845. The molecule has 1 aromatic heterocycles. The van der Waals surface area contributed by atoms with Gasteiger partial charge >= 0.3 is 5.97 Å². The average Bonchev–Trinajstić information content (AvgIpc) is 3.06. The number of carbonyl (C=O) groups is 1. The molecule has 2 N–H and O–H groups in total. The van der Waals surface area contributed by atoms with Gasteiger partial charge in [-0.05, 0) is 30.3 Å². The summed E-state index contributed by atoms with van der Waals surface area (Å²) in [6, 6.07) is 9.51. The molecule has 2 aromatic carbocycles. The van der Waals surface area contributed by atoms with Crippen LogP contribution in [0.3, 0.4) is 0 Å². The molecule has 0 spiro atoms. The largest absolute Gasteiger partial charge is 0.478 e. The van der Waals surface area contributed by atoms with E-state index in [1.807, 2.05) is 0 Å². The highest BCUT2D eigenvalue weighted by molar-refractivity contribution is 7.89. The Hall–Kier alpha value is -3.04. The number of sulfonamides is 1. The number of aromatic nitrogens is 2. The van der Waals surface area contributed by atoms with Crippen molar-refractivity contribution in [3.63, 3.8) is 0 Å². The first-order chi connectivity index (χ1) is 12.8. The minimum absolute atomic E-state index is 0.0382. The Labute approximate surface area is 155 Å². The van der Waals surface area contributed by atoms with Crippen LogP contribution in [0.4, 0.5) is 4.39 Å². The molecule has 140 valence electrons. The van der Waals surface area contributed by atoms with E-state index in [1.165, 1.54) is 48.7 Å². The quantitative estimate of drug-likeness (QED) is 0.674. The number of aryl methyl sites for hydroxylation is 1. The molecule has 3 aromatic rings. The van der Waals surface area contributed by atoms with Crippen LogP contribution in [0.5, 0.6) is 0 Å². The number of nitrogens with zero attached hydrogens (tertiary/aromatic N) is 2. The Balaban J connectivity index is 2.02. The number of rotatable bonds is 6. The van der Waals surface area contributed by atoms with Gasteiger partial charge in [0.15, 0.2) is 0 Å². The van der Waals surface area contributed by atoms with Crippen molar-refractivity contribution < 1.29 is 22.7 Å². The van der Waals surface area contributed by atoms with E-state index in [4.69, 9.17) is 5.11 Å². The van der Waals surface area contributed by atoms with Gasteiger partial charge in [0.1, 0.15) is 17.7 Å². The van der Waals surface area contributed by atoms with Crippen molar-refractivity contribution in [1.29, 1.82) is 0 Å². The number of nitrogens with one attached hydrogen (secondary N) is 1. The van der Waals surface area contributed by atoms with E-state index in [2.05, 4.69) is 9.71 Å². The molecule has 0 radical (unpaired) electrons. The van der Waals surface area contributed by atoms with Crippen LogP contribution in [-0.4, -0.2) is 29.0 Å². The van der Waals surface area contributed by atoms with Crippen LogP contribution in [0.15, 0.2) is 65.8 Å². The molecule has 0 saturated carbocycles. The molecular weight excluding hydrogens is 373 g/mol. The third-order valence-corrected chi connectivity index (χ3v) is 5.46. The second-order valence-corrected chi connectivity index (χ2v) is 7.52. The lowest BCUT2D eigenvalue weighted by molar-refractivity contribution is 0.0696. The first-order valence-electron chi connectivity index (χ1n) is 7.87. The van der Waals surface area contributed by atoms with Gasteiger partial charge in [-0.3, -0.25) is 0 Å². The summed E-state index contributed by atoms with van der Waals surface area (Å²) in [5, 5.41) is 8.94. The number of carboxylic acids is 1. The van der Waals surface area contributed by atoms with E-state index in [0.29, 0.717) is 5.82 Å². The van der Waals surface area contributed by atoms with Crippen molar-refractivity contribution in [3.8, 4) is 0 Å². The second kappa shape index (κ2) is 7.29. The van der Waals surface area contributed by atoms with Crippen molar-refractivity contribution in [1.82, 2.24) is 14.3 Å². The third-order valence-electron chi connectivity index (χ3n) is 4.02. The van der Waals surface area contributed by atoms with E-state index in [1.54, 1.807) is 23.9 Å². The molecule has 9 heteroatoms. The van der Waals surface area contributed by atoms with Gasteiger partial charge in [0.25, 0.3) is 0 Å². The fourth-order valence-electron chi connectivity index (χ4n) is 2.62. The molecule has 1 atom stereocenters. The lowest BCUT2D eigenvalue weighted by atomic mass is 10.1. The van der Waals surface area contributed by atoms with Gasteiger partial charge in [-0.1, -0.05) is 18.2 Å². The predicted octanol–water partition coefficient (Wildman–Crippen LogP) is 2.33. The number of halogens is 1. The van der Waals surface area contributed by atoms with Crippen molar-refractivity contribution in [2.24, 2.45) is 7.05 Å². The van der Waals surface area contributed by atoms with Crippen LogP contribution in [0.2, 0.25) is 0 Å². The van der Waals surface area contributed by atoms with Gasteiger partial charge in [-0.25, -0.2) is 22.6 Å². The first-order valence-corrected chi connectivity index (χ1v) is 9.35. The maximum Gasteiger partial charge on any atom is 0.335 e. The van der Waals surface area contributed by atoms with Crippen LogP contribution in [0.1, 0.15) is 27.8 Å². The van der Waals surface area contributed by atoms with Crippen molar-refractivity contribution >= 4 is 16.0 Å². The van der Waals surface area contributed by atoms with Crippen molar-refractivity contribution in [2.75, 3.05) is 0 Å². The monoisotopic (exact) mass is 389 g/mol. The smallest absolute Gasteiger partial charge is 0.335 e. The number of hydrogen-bond acceptors (Lipinski definition) is 4. The Morgan fingerprint density at radius 1 is 1.19 bits per heavy atom. The number of imidazole rings is 1. The summed E-state index contributed by atoms with van der Waals surface area (Å²) in [6.45, 7) is 0. The van der Waals surface area contributed by atoms with E-state index in [9.17, 15) is 17.6 Å².